The Labute approximate surface area is 142 Å². The second-order valence-electron chi connectivity index (χ2n) is 5.85. The van der Waals surface area contributed by atoms with E-state index in [9.17, 15) is 9.59 Å². The molecule has 0 aliphatic carbocycles. The van der Waals surface area contributed by atoms with Crippen molar-refractivity contribution in [3.05, 3.63) is 64.1 Å². The molecule has 0 aromatic heterocycles. The standard InChI is InChI=1S/C18H15BrN2O2/c19-13-7-6-12-8-9-20-16(15(12)10-13)11-17(22)21(18(20)23)14-4-2-1-3-5-14/h1-7,10,16H,8-9,11H2. The van der Waals surface area contributed by atoms with Crippen molar-refractivity contribution < 1.29 is 9.59 Å². The molecule has 2 aliphatic heterocycles. The topological polar surface area (TPSA) is 40.6 Å². The van der Waals surface area contributed by atoms with Crippen LogP contribution < -0.4 is 4.90 Å². The summed E-state index contributed by atoms with van der Waals surface area (Å²) in [4.78, 5) is 28.6. The maximum atomic E-state index is 12.9. The molecule has 4 rings (SSSR count). The molecule has 2 aliphatic rings. The van der Waals surface area contributed by atoms with Crippen LogP contribution in [0.1, 0.15) is 23.6 Å². The average molecular weight is 371 g/mol. The normalized spacial score (nSPS) is 20.3. The van der Waals surface area contributed by atoms with Crippen LogP contribution in [-0.2, 0) is 11.2 Å². The predicted molar refractivity (Wildman–Crippen MR) is 91.2 cm³/mol. The largest absolute Gasteiger partial charge is 0.331 e. The van der Waals surface area contributed by atoms with E-state index in [-0.39, 0.29) is 18.0 Å². The summed E-state index contributed by atoms with van der Waals surface area (Å²) in [5.41, 5.74) is 2.95. The molecule has 0 radical (unpaired) electrons. The van der Waals surface area contributed by atoms with Crippen LogP contribution >= 0.6 is 15.9 Å². The molecule has 3 amide bonds. The molecule has 4 nitrogen and oxygen atoms in total. The molecule has 0 N–H and O–H groups in total. The van der Waals surface area contributed by atoms with Gasteiger partial charge in [-0.15, -0.1) is 0 Å². The minimum Gasteiger partial charge on any atom is -0.316 e. The van der Waals surface area contributed by atoms with E-state index in [4.69, 9.17) is 0 Å². The van der Waals surface area contributed by atoms with Gasteiger partial charge < -0.3 is 4.90 Å². The molecular weight excluding hydrogens is 356 g/mol. The fourth-order valence-corrected chi connectivity index (χ4v) is 3.82. The smallest absolute Gasteiger partial charge is 0.316 e. The van der Waals surface area contributed by atoms with Gasteiger partial charge in [0.2, 0.25) is 5.91 Å². The van der Waals surface area contributed by atoms with Crippen LogP contribution in [0.3, 0.4) is 0 Å². The number of rotatable bonds is 1. The van der Waals surface area contributed by atoms with Gasteiger partial charge in [0.05, 0.1) is 18.2 Å². The molecule has 0 saturated carbocycles. The molecule has 1 saturated heterocycles. The lowest BCUT2D eigenvalue weighted by Crippen LogP contribution is -2.55. The molecule has 1 fully saturated rings. The number of fused-ring (bicyclic) bond motifs is 3. The van der Waals surface area contributed by atoms with Crippen molar-refractivity contribution in [3.8, 4) is 0 Å². The number of hydrogen-bond acceptors (Lipinski definition) is 2. The first-order chi connectivity index (χ1) is 11.1. The molecule has 1 unspecified atom stereocenters. The molecular formula is C18H15BrN2O2. The Hall–Kier alpha value is -2.14. The number of carbonyl (C=O) groups excluding carboxylic acids is 2. The summed E-state index contributed by atoms with van der Waals surface area (Å²) in [6, 6.07) is 14.9. The second kappa shape index (κ2) is 5.49. The fourth-order valence-electron chi connectivity index (χ4n) is 3.44. The fraction of sp³-hybridized carbons (Fsp3) is 0.222. The van der Waals surface area contributed by atoms with E-state index < -0.39 is 0 Å². The van der Waals surface area contributed by atoms with Gasteiger partial charge >= 0.3 is 6.03 Å². The quantitative estimate of drug-likeness (QED) is 0.763. The Morgan fingerprint density at radius 2 is 1.83 bits per heavy atom. The van der Waals surface area contributed by atoms with Gasteiger partial charge in [-0.05, 0) is 41.8 Å². The predicted octanol–water partition coefficient (Wildman–Crippen LogP) is 3.91. The van der Waals surface area contributed by atoms with E-state index in [0.717, 1.165) is 16.5 Å². The zero-order valence-electron chi connectivity index (χ0n) is 12.4. The molecule has 23 heavy (non-hydrogen) atoms. The van der Waals surface area contributed by atoms with Crippen LogP contribution in [-0.4, -0.2) is 23.4 Å². The Bertz CT molecular complexity index is 791. The summed E-state index contributed by atoms with van der Waals surface area (Å²) in [6.07, 6.45) is 1.14. The molecule has 2 aromatic rings. The van der Waals surface area contributed by atoms with Crippen LogP contribution in [0.5, 0.6) is 0 Å². The van der Waals surface area contributed by atoms with E-state index in [2.05, 4.69) is 22.0 Å². The summed E-state index contributed by atoms with van der Waals surface area (Å²) >= 11 is 3.49. The molecule has 5 heteroatoms. The van der Waals surface area contributed by atoms with E-state index in [1.807, 2.05) is 35.2 Å². The lowest BCUT2D eigenvalue weighted by Gasteiger charge is -2.43. The van der Waals surface area contributed by atoms with E-state index >= 15 is 0 Å². The Balaban J connectivity index is 1.73. The number of benzene rings is 2. The van der Waals surface area contributed by atoms with Crippen LogP contribution in [0.15, 0.2) is 53.0 Å². The van der Waals surface area contributed by atoms with Gasteiger partial charge in [0.25, 0.3) is 0 Å². The zero-order chi connectivity index (χ0) is 16.0. The minimum absolute atomic E-state index is 0.143. The lowest BCUT2D eigenvalue weighted by molar-refractivity contribution is -0.120. The minimum atomic E-state index is -0.219. The first-order valence-electron chi connectivity index (χ1n) is 7.62. The number of hydrogen-bond donors (Lipinski definition) is 0. The Morgan fingerprint density at radius 3 is 2.61 bits per heavy atom. The highest BCUT2D eigenvalue weighted by molar-refractivity contribution is 9.10. The van der Waals surface area contributed by atoms with Crippen molar-refractivity contribution in [3.63, 3.8) is 0 Å². The van der Waals surface area contributed by atoms with Gasteiger partial charge in [0, 0.05) is 11.0 Å². The highest BCUT2D eigenvalue weighted by atomic mass is 79.9. The number of halogens is 1. The number of carbonyl (C=O) groups is 2. The number of anilines is 1. The van der Waals surface area contributed by atoms with Gasteiger partial charge in [-0.25, -0.2) is 9.69 Å². The van der Waals surface area contributed by atoms with Crippen molar-refractivity contribution in [2.75, 3.05) is 11.4 Å². The number of urea groups is 1. The summed E-state index contributed by atoms with van der Waals surface area (Å²) in [5.74, 6) is -0.143. The summed E-state index contributed by atoms with van der Waals surface area (Å²) in [5, 5.41) is 0. The van der Waals surface area contributed by atoms with Gasteiger partial charge in [0.15, 0.2) is 0 Å². The number of para-hydroxylation sites is 1. The molecule has 2 heterocycles. The maximum absolute atomic E-state index is 12.9. The molecule has 0 spiro atoms. The third-order valence-electron chi connectivity index (χ3n) is 4.53. The monoisotopic (exact) mass is 370 g/mol. The first-order valence-corrected chi connectivity index (χ1v) is 8.41. The van der Waals surface area contributed by atoms with Crippen LogP contribution in [0.4, 0.5) is 10.5 Å². The number of amides is 3. The van der Waals surface area contributed by atoms with E-state index in [0.29, 0.717) is 18.7 Å². The highest BCUT2D eigenvalue weighted by Gasteiger charge is 2.42. The third-order valence-corrected chi connectivity index (χ3v) is 5.03. The SMILES string of the molecule is O=C1CC2c3cc(Br)ccc3CCN2C(=O)N1c1ccccc1. The van der Waals surface area contributed by atoms with Crippen LogP contribution in [0, 0.1) is 0 Å². The summed E-state index contributed by atoms with van der Waals surface area (Å²) in [7, 11) is 0. The van der Waals surface area contributed by atoms with Crippen molar-refractivity contribution in [1.82, 2.24) is 4.90 Å². The molecule has 116 valence electrons. The number of imide groups is 1. The lowest BCUT2D eigenvalue weighted by atomic mass is 9.89. The first kappa shape index (κ1) is 14.5. The number of nitrogens with zero attached hydrogens (tertiary/aromatic N) is 2. The Morgan fingerprint density at radius 1 is 1.04 bits per heavy atom. The van der Waals surface area contributed by atoms with Crippen molar-refractivity contribution in [2.24, 2.45) is 0 Å². The average Bonchev–Trinajstić information content (AvgIpc) is 2.56. The van der Waals surface area contributed by atoms with E-state index in [1.54, 1.807) is 12.1 Å². The van der Waals surface area contributed by atoms with Crippen molar-refractivity contribution >= 4 is 33.6 Å². The summed E-state index contributed by atoms with van der Waals surface area (Å²) in [6.45, 7) is 0.648. The van der Waals surface area contributed by atoms with Crippen molar-refractivity contribution in [1.29, 1.82) is 0 Å². The van der Waals surface area contributed by atoms with Crippen LogP contribution in [0.2, 0.25) is 0 Å². The van der Waals surface area contributed by atoms with E-state index in [1.165, 1.54) is 10.5 Å². The summed E-state index contributed by atoms with van der Waals surface area (Å²) < 4.78 is 0.975. The van der Waals surface area contributed by atoms with Gasteiger partial charge in [-0.1, -0.05) is 40.2 Å². The molecule has 1 atom stereocenters. The molecule has 0 bridgehead atoms. The Kier molecular flexibility index (Phi) is 3.45. The van der Waals surface area contributed by atoms with Gasteiger partial charge in [0.1, 0.15) is 0 Å². The highest BCUT2D eigenvalue weighted by Crippen LogP contribution is 2.38. The zero-order valence-corrected chi connectivity index (χ0v) is 14.0. The van der Waals surface area contributed by atoms with Crippen molar-refractivity contribution in [2.45, 2.75) is 18.9 Å². The third kappa shape index (κ3) is 2.36. The van der Waals surface area contributed by atoms with Gasteiger partial charge in [-0.3, -0.25) is 4.79 Å². The maximum Gasteiger partial charge on any atom is 0.331 e. The van der Waals surface area contributed by atoms with Gasteiger partial charge in [-0.2, -0.15) is 0 Å². The van der Waals surface area contributed by atoms with Crippen LogP contribution in [0.25, 0.3) is 0 Å². The second-order valence-corrected chi connectivity index (χ2v) is 6.77. The molecule has 2 aromatic carbocycles.